The van der Waals surface area contributed by atoms with E-state index < -0.39 is 12.0 Å². The number of epoxide rings is 1. The van der Waals surface area contributed by atoms with Crippen LogP contribution in [0.3, 0.4) is 0 Å². The maximum Gasteiger partial charge on any atom is 0.414 e. The number of benzene rings is 2. The number of nitrogens with one attached hydrogen (secondary N) is 1. The van der Waals surface area contributed by atoms with Gasteiger partial charge in [0, 0.05) is 5.56 Å². The number of ether oxygens (including phenoxy) is 2. The fourth-order valence-electron chi connectivity index (χ4n) is 2.15. The average Bonchev–Trinajstić information content (AvgIpc) is 3.34. The molecule has 0 aromatic heterocycles. The lowest BCUT2D eigenvalue weighted by atomic mass is 10.1. The van der Waals surface area contributed by atoms with Crippen LogP contribution in [0.1, 0.15) is 22.0 Å². The van der Waals surface area contributed by atoms with Crippen molar-refractivity contribution < 1.29 is 19.1 Å². The van der Waals surface area contributed by atoms with Gasteiger partial charge in [-0.1, -0.05) is 48.5 Å². The van der Waals surface area contributed by atoms with Crippen LogP contribution < -0.4 is 5.32 Å². The van der Waals surface area contributed by atoms with Crippen molar-refractivity contribution in [3.05, 3.63) is 71.8 Å². The predicted molar refractivity (Wildman–Crippen MR) is 79.3 cm³/mol. The zero-order chi connectivity index (χ0) is 15.4. The lowest BCUT2D eigenvalue weighted by Crippen LogP contribution is -2.31. The number of hydrogen-bond donors (Lipinski definition) is 1. The van der Waals surface area contributed by atoms with Crippen LogP contribution in [0.5, 0.6) is 0 Å². The van der Waals surface area contributed by atoms with Crippen molar-refractivity contribution in [2.24, 2.45) is 0 Å². The number of imide groups is 1. The van der Waals surface area contributed by atoms with Crippen molar-refractivity contribution in [2.45, 2.75) is 12.2 Å². The molecule has 1 aliphatic heterocycles. The SMILES string of the molecule is O=C(NC(=O)c1ccccc1)OC[C@H]1O[C@@H]1c1ccccc1. The standard InChI is InChI=1S/C17H15NO4/c19-16(13-9-5-2-6-10-13)18-17(20)21-11-14-15(22-14)12-7-3-1-4-8-12/h1-10,14-15H,11H2,(H,18,19,20)/t14-,15-/m1/s1. The molecule has 2 aromatic rings. The largest absolute Gasteiger partial charge is 0.446 e. The molecule has 0 radical (unpaired) electrons. The third-order valence-electron chi connectivity index (χ3n) is 3.34. The second-order valence-electron chi connectivity index (χ2n) is 4.92. The van der Waals surface area contributed by atoms with E-state index in [9.17, 15) is 9.59 Å². The van der Waals surface area contributed by atoms with Crippen LogP contribution in [0.2, 0.25) is 0 Å². The van der Waals surface area contributed by atoms with Crippen LogP contribution in [0.4, 0.5) is 4.79 Å². The smallest absolute Gasteiger partial charge is 0.414 e. The molecule has 5 heteroatoms. The van der Waals surface area contributed by atoms with Gasteiger partial charge in [0.1, 0.15) is 18.8 Å². The van der Waals surface area contributed by atoms with Crippen LogP contribution in [-0.2, 0) is 9.47 Å². The highest BCUT2D eigenvalue weighted by Crippen LogP contribution is 2.38. The topological polar surface area (TPSA) is 67.9 Å². The molecule has 5 nitrogen and oxygen atoms in total. The molecular weight excluding hydrogens is 282 g/mol. The fourth-order valence-corrected chi connectivity index (χ4v) is 2.15. The third-order valence-corrected chi connectivity index (χ3v) is 3.34. The Morgan fingerprint density at radius 2 is 1.64 bits per heavy atom. The normalized spacial score (nSPS) is 19.3. The minimum atomic E-state index is -0.767. The fraction of sp³-hybridized carbons (Fsp3) is 0.176. The second kappa shape index (κ2) is 6.41. The van der Waals surface area contributed by atoms with Gasteiger partial charge in [0.15, 0.2) is 0 Å². The Morgan fingerprint density at radius 3 is 2.32 bits per heavy atom. The van der Waals surface area contributed by atoms with Crippen molar-refractivity contribution >= 4 is 12.0 Å². The molecule has 0 bridgehead atoms. The van der Waals surface area contributed by atoms with Crippen molar-refractivity contribution in [3.63, 3.8) is 0 Å². The molecule has 0 aliphatic carbocycles. The van der Waals surface area contributed by atoms with E-state index in [4.69, 9.17) is 9.47 Å². The third kappa shape index (κ3) is 3.51. The molecule has 22 heavy (non-hydrogen) atoms. The first-order valence-electron chi connectivity index (χ1n) is 6.97. The van der Waals surface area contributed by atoms with E-state index in [1.165, 1.54) is 0 Å². The first-order valence-corrected chi connectivity index (χ1v) is 6.97. The van der Waals surface area contributed by atoms with Gasteiger partial charge in [-0.25, -0.2) is 4.79 Å². The number of rotatable bonds is 4. The van der Waals surface area contributed by atoms with E-state index in [2.05, 4.69) is 5.32 Å². The minimum absolute atomic E-state index is 0.0428. The monoisotopic (exact) mass is 297 g/mol. The number of alkyl carbamates (subject to hydrolysis) is 1. The first kappa shape index (κ1) is 14.3. The average molecular weight is 297 g/mol. The number of carbonyl (C=O) groups is 2. The van der Waals surface area contributed by atoms with Gasteiger partial charge in [-0.3, -0.25) is 10.1 Å². The van der Waals surface area contributed by atoms with E-state index in [-0.39, 0.29) is 18.8 Å². The van der Waals surface area contributed by atoms with Gasteiger partial charge in [-0.2, -0.15) is 0 Å². The van der Waals surface area contributed by atoms with Gasteiger partial charge in [0.05, 0.1) is 0 Å². The lowest BCUT2D eigenvalue weighted by Gasteiger charge is -2.04. The number of amides is 2. The van der Waals surface area contributed by atoms with Crippen molar-refractivity contribution in [2.75, 3.05) is 6.61 Å². The molecule has 112 valence electrons. The highest BCUT2D eigenvalue weighted by Gasteiger charge is 2.41. The Morgan fingerprint density at radius 1 is 1.00 bits per heavy atom. The molecule has 2 atom stereocenters. The van der Waals surface area contributed by atoms with Crippen LogP contribution in [0, 0.1) is 0 Å². The molecule has 0 spiro atoms. The summed E-state index contributed by atoms with van der Waals surface area (Å²) in [5.74, 6) is -0.484. The molecule has 1 saturated heterocycles. The Kier molecular flexibility index (Phi) is 4.16. The Labute approximate surface area is 127 Å². The Balaban J connectivity index is 1.43. The maximum atomic E-state index is 11.8. The van der Waals surface area contributed by atoms with Gasteiger partial charge < -0.3 is 9.47 Å². The zero-order valence-electron chi connectivity index (χ0n) is 11.8. The summed E-state index contributed by atoms with van der Waals surface area (Å²) < 4.78 is 10.5. The summed E-state index contributed by atoms with van der Waals surface area (Å²) in [6.07, 6.45) is -0.963. The molecule has 0 saturated carbocycles. The molecule has 2 aromatic carbocycles. The van der Waals surface area contributed by atoms with Gasteiger partial charge in [-0.05, 0) is 17.7 Å². The summed E-state index contributed by atoms with van der Waals surface area (Å²) >= 11 is 0. The molecule has 1 N–H and O–H groups in total. The summed E-state index contributed by atoms with van der Waals surface area (Å²) in [7, 11) is 0. The van der Waals surface area contributed by atoms with Crippen LogP contribution >= 0.6 is 0 Å². The molecule has 1 fully saturated rings. The summed E-state index contributed by atoms with van der Waals surface area (Å²) in [4.78, 5) is 23.4. The molecule has 1 aliphatic rings. The molecule has 1 heterocycles. The number of carbonyl (C=O) groups excluding carboxylic acids is 2. The van der Waals surface area contributed by atoms with E-state index >= 15 is 0 Å². The maximum absolute atomic E-state index is 11.8. The molecular formula is C17H15NO4. The Hall–Kier alpha value is -2.66. The van der Waals surface area contributed by atoms with E-state index in [1.54, 1.807) is 30.3 Å². The van der Waals surface area contributed by atoms with Crippen LogP contribution in [0.25, 0.3) is 0 Å². The van der Waals surface area contributed by atoms with Crippen LogP contribution in [-0.4, -0.2) is 24.7 Å². The van der Waals surface area contributed by atoms with E-state index in [0.29, 0.717) is 5.56 Å². The van der Waals surface area contributed by atoms with E-state index in [0.717, 1.165) is 5.56 Å². The number of hydrogen-bond acceptors (Lipinski definition) is 4. The van der Waals surface area contributed by atoms with Crippen LogP contribution in [0.15, 0.2) is 60.7 Å². The zero-order valence-corrected chi connectivity index (χ0v) is 11.8. The van der Waals surface area contributed by atoms with Gasteiger partial charge in [-0.15, -0.1) is 0 Å². The van der Waals surface area contributed by atoms with E-state index in [1.807, 2.05) is 30.3 Å². The minimum Gasteiger partial charge on any atom is -0.446 e. The Bertz CT molecular complexity index is 657. The molecule has 0 unspecified atom stereocenters. The second-order valence-corrected chi connectivity index (χ2v) is 4.92. The highest BCUT2D eigenvalue weighted by molar-refractivity contribution is 6.02. The summed E-state index contributed by atoms with van der Waals surface area (Å²) in [5.41, 5.74) is 1.46. The van der Waals surface area contributed by atoms with Crippen molar-refractivity contribution in [1.82, 2.24) is 5.32 Å². The summed E-state index contributed by atoms with van der Waals surface area (Å²) in [5, 5.41) is 2.18. The van der Waals surface area contributed by atoms with Gasteiger partial charge >= 0.3 is 6.09 Å². The first-order chi connectivity index (χ1) is 10.7. The van der Waals surface area contributed by atoms with Crippen molar-refractivity contribution in [1.29, 1.82) is 0 Å². The summed E-state index contributed by atoms with van der Waals surface area (Å²) in [6.45, 7) is 0.119. The lowest BCUT2D eigenvalue weighted by molar-refractivity contribution is 0.0911. The predicted octanol–water partition coefficient (Wildman–Crippen LogP) is 2.69. The highest BCUT2D eigenvalue weighted by atomic mass is 16.6. The molecule has 3 rings (SSSR count). The van der Waals surface area contributed by atoms with Gasteiger partial charge in [0.2, 0.25) is 0 Å². The van der Waals surface area contributed by atoms with Gasteiger partial charge in [0.25, 0.3) is 5.91 Å². The molecule has 2 amide bonds. The quantitative estimate of drug-likeness (QED) is 0.881. The summed E-state index contributed by atoms with van der Waals surface area (Å²) in [6, 6.07) is 18.2. The van der Waals surface area contributed by atoms with Crippen molar-refractivity contribution in [3.8, 4) is 0 Å².